The molecule has 7 nitrogen and oxygen atoms in total. The lowest BCUT2D eigenvalue weighted by molar-refractivity contribution is -0.142. The van der Waals surface area contributed by atoms with Gasteiger partial charge in [0.25, 0.3) is 0 Å². The van der Waals surface area contributed by atoms with Gasteiger partial charge in [0.1, 0.15) is 0 Å². The summed E-state index contributed by atoms with van der Waals surface area (Å²) < 4.78 is 0. The number of carboxylic acids is 1. The van der Waals surface area contributed by atoms with Crippen LogP contribution in [0.1, 0.15) is 38.0 Å². The summed E-state index contributed by atoms with van der Waals surface area (Å²) in [5.41, 5.74) is -0.209. The molecule has 6 atom stereocenters. The van der Waals surface area contributed by atoms with E-state index in [2.05, 4.69) is 18.8 Å². The van der Waals surface area contributed by atoms with Gasteiger partial charge in [-0.2, -0.15) is 0 Å². The zero-order valence-corrected chi connectivity index (χ0v) is 17.3. The van der Waals surface area contributed by atoms with Gasteiger partial charge in [-0.05, 0) is 30.6 Å². The summed E-state index contributed by atoms with van der Waals surface area (Å²) in [4.78, 5) is 54.2. The monoisotopic (exact) mass is 422 g/mol. The molecule has 2 saturated carbocycles. The Bertz CT molecular complexity index is 950. The minimum Gasteiger partial charge on any atom is -0.481 e. The van der Waals surface area contributed by atoms with Crippen LogP contribution in [0, 0.1) is 29.6 Å². The van der Waals surface area contributed by atoms with Gasteiger partial charge in [0.15, 0.2) is 0 Å². The van der Waals surface area contributed by atoms with E-state index in [1.807, 2.05) is 0 Å². The SMILES string of the molecule is CC1(C)c2sc(=O)[nH]c2S[C@H]2[C@@H]3C[C@@H]([C@H]4C(=O)N(CCCC(=O)O)C(=O)[C@H]34)[C@H]21. The van der Waals surface area contributed by atoms with Crippen LogP contribution in [0.4, 0.5) is 0 Å². The second-order valence-corrected chi connectivity index (χ2v) is 11.1. The number of carbonyl (C=O) groups excluding carboxylic acids is 2. The molecule has 9 heteroatoms. The number of imide groups is 1. The van der Waals surface area contributed by atoms with Crippen molar-refractivity contribution in [2.75, 3.05) is 6.54 Å². The fraction of sp³-hybridized carbons (Fsp3) is 0.684. The van der Waals surface area contributed by atoms with Crippen molar-refractivity contribution in [2.24, 2.45) is 29.6 Å². The van der Waals surface area contributed by atoms with E-state index in [1.54, 1.807) is 11.8 Å². The molecule has 0 spiro atoms. The molecule has 2 aliphatic carbocycles. The van der Waals surface area contributed by atoms with Gasteiger partial charge in [0.2, 0.25) is 11.8 Å². The highest BCUT2D eigenvalue weighted by Crippen LogP contribution is 2.68. The van der Waals surface area contributed by atoms with E-state index in [-0.39, 0.29) is 69.9 Å². The first-order valence-electron chi connectivity index (χ1n) is 9.69. The van der Waals surface area contributed by atoms with Crippen LogP contribution in [0.25, 0.3) is 0 Å². The summed E-state index contributed by atoms with van der Waals surface area (Å²) in [5, 5.41) is 10.0. The predicted molar refractivity (Wildman–Crippen MR) is 103 cm³/mol. The highest BCUT2D eigenvalue weighted by atomic mass is 32.2. The number of aromatic amines is 1. The first-order valence-corrected chi connectivity index (χ1v) is 11.4. The van der Waals surface area contributed by atoms with E-state index in [0.29, 0.717) is 6.42 Å². The highest BCUT2D eigenvalue weighted by Gasteiger charge is 2.70. The van der Waals surface area contributed by atoms with Gasteiger partial charge >= 0.3 is 10.8 Å². The van der Waals surface area contributed by atoms with Crippen molar-refractivity contribution in [1.29, 1.82) is 0 Å². The number of rotatable bonds is 4. The Morgan fingerprint density at radius 2 is 1.89 bits per heavy atom. The molecule has 3 fully saturated rings. The number of hydrogen-bond donors (Lipinski definition) is 2. The van der Waals surface area contributed by atoms with Crippen LogP contribution in [-0.2, 0) is 19.8 Å². The van der Waals surface area contributed by atoms with Crippen molar-refractivity contribution in [3.63, 3.8) is 0 Å². The van der Waals surface area contributed by atoms with E-state index in [0.717, 1.165) is 16.3 Å². The summed E-state index contributed by atoms with van der Waals surface area (Å²) in [7, 11) is 0. The average Bonchev–Trinajstić information content (AvgIpc) is 3.32. The molecule has 28 heavy (non-hydrogen) atoms. The third kappa shape index (κ3) is 2.29. The molecule has 0 unspecified atom stereocenters. The number of thiazole rings is 1. The van der Waals surface area contributed by atoms with Gasteiger partial charge in [-0.1, -0.05) is 25.2 Å². The van der Waals surface area contributed by atoms with Gasteiger partial charge in [-0.15, -0.1) is 11.8 Å². The maximum atomic E-state index is 13.1. The topological polar surface area (TPSA) is 108 Å². The second kappa shape index (κ2) is 5.95. The molecule has 4 aliphatic rings. The summed E-state index contributed by atoms with van der Waals surface area (Å²) in [6.07, 6.45) is 1.15. The van der Waals surface area contributed by atoms with Crippen LogP contribution in [-0.4, -0.2) is 44.6 Å². The lowest BCUT2D eigenvalue weighted by atomic mass is 9.64. The average molecular weight is 423 g/mol. The molecule has 150 valence electrons. The number of nitrogens with one attached hydrogen (secondary N) is 1. The maximum absolute atomic E-state index is 13.1. The van der Waals surface area contributed by atoms with E-state index in [4.69, 9.17) is 5.11 Å². The van der Waals surface area contributed by atoms with Crippen molar-refractivity contribution < 1.29 is 19.5 Å². The molecule has 2 bridgehead atoms. The zero-order chi connectivity index (χ0) is 20.0. The molecule has 0 aromatic carbocycles. The highest BCUT2D eigenvalue weighted by molar-refractivity contribution is 8.00. The van der Waals surface area contributed by atoms with Gasteiger partial charge in [0.05, 0.1) is 16.9 Å². The molecule has 5 rings (SSSR count). The number of hydrogen-bond acceptors (Lipinski definition) is 6. The number of nitrogens with zero attached hydrogens (tertiary/aromatic N) is 1. The summed E-state index contributed by atoms with van der Waals surface area (Å²) in [6.45, 7) is 4.52. The number of aliphatic carboxylic acids is 1. The Morgan fingerprint density at radius 1 is 1.21 bits per heavy atom. The standard InChI is InChI=1S/C19H22N2O5S2/c1-19(2)12-7-6-8(13(12)27-15-14(19)28-18(26)20-15)11-10(7)16(24)21(17(11)25)5-3-4-9(22)23/h7-8,10-13H,3-6H2,1-2H3,(H,20,26)(H,22,23)/t7-,8+,10+,11+,12+,13-/m0/s1. The largest absolute Gasteiger partial charge is 0.481 e. The number of aromatic nitrogens is 1. The molecule has 1 saturated heterocycles. The number of amides is 2. The quantitative estimate of drug-likeness (QED) is 0.718. The molecule has 2 amide bonds. The van der Waals surface area contributed by atoms with E-state index in [9.17, 15) is 19.2 Å². The van der Waals surface area contributed by atoms with Crippen LogP contribution in [0.5, 0.6) is 0 Å². The fourth-order valence-electron chi connectivity index (χ4n) is 6.32. The van der Waals surface area contributed by atoms with Crippen LogP contribution < -0.4 is 4.87 Å². The Kier molecular flexibility index (Phi) is 3.91. The predicted octanol–water partition coefficient (Wildman–Crippen LogP) is 1.92. The smallest absolute Gasteiger partial charge is 0.305 e. The molecule has 1 aromatic heterocycles. The van der Waals surface area contributed by atoms with E-state index in [1.165, 1.54) is 16.2 Å². The summed E-state index contributed by atoms with van der Waals surface area (Å²) in [5.74, 6) is -1.15. The summed E-state index contributed by atoms with van der Waals surface area (Å²) >= 11 is 2.95. The Labute approximate surface area is 169 Å². The molecule has 2 aliphatic heterocycles. The second-order valence-electron chi connectivity index (χ2n) is 8.94. The fourth-order valence-corrected chi connectivity index (χ4v) is 9.48. The minimum atomic E-state index is -0.913. The molecule has 3 heterocycles. The lowest BCUT2D eigenvalue weighted by Gasteiger charge is -2.47. The van der Waals surface area contributed by atoms with E-state index >= 15 is 0 Å². The number of carboxylic acid groups (broad SMARTS) is 1. The van der Waals surface area contributed by atoms with Crippen LogP contribution in [0.2, 0.25) is 0 Å². The van der Waals surface area contributed by atoms with E-state index < -0.39 is 5.97 Å². The van der Waals surface area contributed by atoms with Crippen LogP contribution >= 0.6 is 23.1 Å². The van der Waals surface area contributed by atoms with Gasteiger partial charge in [0, 0.05) is 28.5 Å². The first kappa shape index (κ1) is 18.4. The van der Waals surface area contributed by atoms with Gasteiger partial charge in [-0.25, -0.2) is 0 Å². The minimum absolute atomic E-state index is 0.0407. The Hall–Kier alpha value is -1.61. The normalized spacial score (nSPS) is 37.1. The van der Waals surface area contributed by atoms with Crippen molar-refractivity contribution in [1.82, 2.24) is 9.88 Å². The molecular formula is C19H22N2O5S2. The van der Waals surface area contributed by atoms with Crippen molar-refractivity contribution >= 4 is 40.9 Å². The molecule has 1 aromatic rings. The van der Waals surface area contributed by atoms with Crippen molar-refractivity contribution in [3.05, 3.63) is 14.5 Å². The Morgan fingerprint density at radius 3 is 2.57 bits per heavy atom. The zero-order valence-electron chi connectivity index (χ0n) is 15.6. The van der Waals surface area contributed by atoms with Crippen LogP contribution in [0.15, 0.2) is 9.82 Å². The number of H-pyrrole nitrogens is 1. The lowest BCUT2D eigenvalue weighted by Crippen LogP contribution is -2.48. The van der Waals surface area contributed by atoms with Gasteiger partial charge in [-0.3, -0.25) is 24.1 Å². The number of fused-ring (bicyclic) bond motifs is 9. The maximum Gasteiger partial charge on any atom is 0.305 e. The summed E-state index contributed by atoms with van der Waals surface area (Å²) in [6, 6.07) is 0. The van der Waals surface area contributed by atoms with Crippen molar-refractivity contribution in [2.45, 2.75) is 48.8 Å². The third-order valence-corrected chi connectivity index (χ3v) is 10.1. The molecular weight excluding hydrogens is 400 g/mol. The Balaban J connectivity index is 1.46. The van der Waals surface area contributed by atoms with Crippen molar-refractivity contribution in [3.8, 4) is 0 Å². The molecule has 0 radical (unpaired) electrons. The number of thioether (sulfide) groups is 1. The number of likely N-dealkylation sites (tertiary alicyclic amines) is 1. The van der Waals surface area contributed by atoms with Crippen LogP contribution in [0.3, 0.4) is 0 Å². The third-order valence-electron chi connectivity index (χ3n) is 7.25. The molecule has 2 N–H and O–H groups in total. The van der Waals surface area contributed by atoms with Gasteiger partial charge < -0.3 is 10.1 Å². The first-order chi connectivity index (χ1) is 13.2. The number of carbonyl (C=O) groups is 3.